The van der Waals surface area contributed by atoms with Crippen LogP contribution in [0.25, 0.3) is 0 Å². The summed E-state index contributed by atoms with van der Waals surface area (Å²) in [5.74, 6) is 0.548. The Morgan fingerprint density at radius 2 is 2.16 bits per heavy atom. The summed E-state index contributed by atoms with van der Waals surface area (Å²) in [6.07, 6.45) is 5.39. The normalized spacial score (nSPS) is 12.5. The molecule has 0 spiro atoms. The van der Waals surface area contributed by atoms with Crippen molar-refractivity contribution in [2.24, 2.45) is 5.92 Å². The zero-order valence-electron chi connectivity index (χ0n) is 11.8. The minimum Gasteiger partial charge on any atom is -0.380 e. The number of rotatable bonds is 7. The van der Waals surface area contributed by atoms with E-state index in [2.05, 4.69) is 37.8 Å². The maximum absolute atomic E-state index is 12.0. The first-order valence-electron chi connectivity index (χ1n) is 6.68. The Labute approximate surface area is 119 Å². The van der Waals surface area contributed by atoms with E-state index < -0.39 is 0 Å². The third kappa shape index (κ3) is 3.83. The molecule has 1 atom stereocenters. The molecule has 106 valence electrons. The largest absolute Gasteiger partial charge is 0.380 e. The summed E-state index contributed by atoms with van der Waals surface area (Å²) < 4.78 is 1.29. The van der Waals surface area contributed by atoms with E-state index in [1.54, 1.807) is 12.3 Å². The molecule has 0 saturated heterocycles. The molecule has 0 aromatic carbocycles. The lowest BCUT2D eigenvalue weighted by Crippen LogP contribution is -2.28. The molecule has 0 fully saturated rings. The molecule has 0 aliphatic heterocycles. The first-order chi connectivity index (χ1) is 9.04. The van der Waals surface area contributed by atoms with Crippen molar-refractivity contribution in [2.45, 2.75) is 46.2 Å². The molecule has 1 aromatic heterocycles. The van der Waals surface area contributed by atoms with Gasteiger partial charge in [0.05, 0.1) is 18.4 Å². The molecule has 1 aromatic rings. The van der Waals surface area contributed by atoms with Crippen LogP contribution in [-0.4, -0.2) is 15.8 Å². The summed E-state index contributed by atoms with van der Waals surface area (Å²) in [6.45, 7) is 10.4. The predicted octanol–water partition coefficient (Wildman–Crippen LogP) is 3.32. The average molecular weight is 284 g/mol. The lowest BCUT2D eigenvalue weighted by atomic mass is 9.95. The molecule has 1 rings (SSSR count). The highest BCUT2D eigenvalue weighted by Gasteiger charge is 2.16. The fourth-order valence-corrected chi connectivity index (χ4v) is 2.38. The van der Waals surface area contributed by atoms with Gasteiger partial charge in [0.2, 0.25) is 0 Å². The Balaban J connectivity index is 2.94. The molecule has 0 amide bonds. The smallest absolute Gasteiger partial charge is 0.287 e. The highest BCUT2D eigenvalue weighted by atomic mass is 35.5. The van der Waals surface area contributed by atoms with Crippen LogP contribution in [0.15, 0.2) is 23.6 Å². The molecule has 0 saturated carbocycles. The summed E-state index contributed by atoms with van der Waals surface area (Å²) in [7, 11) is 0. The average Bonchev–Trinajstić information content (AvgIpc) is 2.40. The maximum atomic E-state index is 12.0. The topological polar surface area (TPSA) is 46.9 Å². The summed E-state index contributed by atoms with van der Waals surface area (Å²) in [5, 5.41) is 7.56. The molecule has 1 N–H and O–H groups in total. The van der Waals surface area contributed by atoms with Gasteiger partial charge in [0, 0.05) is 6.04 Å². The predicted molar refractivity (Wildman–Crippen MR) is 80.9 cm³/mol. The van der Waals surface area contributed by atoms with Gasteiger partial charge in [0.25, 0.3) is 5.56 Å². The van der Waals surface area contributed by atoms with Gasteiger partial charge in [-0.15, -0.1) is 6.58 Å². The number of aromatic nitrogens is 2. The molecule has 19 heavy (non-hydrogen) atoms. The van der Waals surface area contributed by atoms with E-state index in [0.717, 1.165) is 12.8 Å². The molecule has 4 nitrogen and oxygen atoms in total. The lowest BCUT2D eigenvalue weighted by Gasteiger charge is -2.23. The SMILES string of the molecule is C=CCn1ncc(NC(C)C(CC)CC)c(Cl)c1=O. The van der Waals surface area contributed by atoms with Crippen molar-refractivity contribution in [3.8, 4) is 0 Å². The van der Waals surface area contributed by atoms with Crippen LogP contribution in [-0.2, 0) is 6.54 Å². The minimum atomic E-state index is -0.289. The number of anilines is 1. The third-order valence-corrected chi connectivity index (χ3v) is 3.79. The van der Waals surface area contributed by atoms with Gasteiger partial charge in [-0.1, -0.05) is 44.4 Å². The van der Waals surface area contributed by atoms with Crippen molar-refractivity contribution in [3.05, 3.63) is 34.2 Å². The van der Waals surface area contributed by atoms with Crippen molar-refractivity contribution in [3.63, 3.8) is 0 Å². The third-order valence-electron chi connectivity index (χ3n) is 3.43. The number of allylic oxidation sites excluding steroid dienone is 1. The summed E-state index contributed by atoms with van der Waals surface area (Å²) in [4.78, 5) is 12.0. The fourth-order valence-electron chi connectivity index (χ4n) is 2.18. The number of nitrogens with zero attached hydrogens (tertiary/aromatic N) is 2. The Bertz CT molecular complexity index is 480. The molecule has 0 bridgehead atoms. The first kappa shape index (κ1) is 15.8. The van der Waals surface area contributed by atoms with E-state index >= 15 is 0 Å². The summed E-state index contributed by atoms with van der Waals surface area (Å²) in [6, 6.07) is 0.254. The Hall–Kier alpha value is -1.29. The maximum Gasteiger partial charge on any atom is 0.287 e. The quantitative estimate of drug-likeness (QED) is 0.781. The first-order valence-corrected chi connectivity index (χ1v) is 7.05. The Kier molecular flexibility index (Phi) is 6.09. The van der Waals surface area contributed by atoms with E-state index in [4.69, 9.17) is 11.6 Å². The zero-order chi connectivity index (χ0) is 14.4. The van der Waals surface area contributed by atoms with Gasteiger partial charge in [-0.2, -0.15) is 5.10 Å². The molecule has 0 radical (unpaired) electrons. The standard InChI is InChI=1S/C14H22ClN3O/c1-5-8-18-14(19)13(15)12(9-16-18)17-10(4)11(6-2)7-3/h5,9-11,17H,1,6-8H2,2-4H3. The fraction of sp³-hybridized carbons (Fsp3) is 0.571. The summed E-state index contributed by atoms with van der Waals surface area (Å²) in [5.41, 5.74) is 0.315. The van der Waals surface area contributed by atoms with Gasteiger partial charge in [0.1, 0.15) is 5.02 Å². The van der Waals surface area contributed by atoms with E-state index in [1.807, 2.05) is 0 Å². The van der Waals surface area contributed by atoms with E-state index in [1.165, 1.54) is 4.68 Å². The summed E-state index contributed by atoms with van der Waals surface area (Å²) >= 11 is 6.10. The van der Waals surface area contributed by atoms with Crippen LogP contribution in [0.1, 0.15) is 33.6 Å². The van der Waals surface area contributed by atoms with Crippen molar-refractivity contribution < 1.29 is 0 Å². The Morgan fingerprint density at radius 3 is 2.68 bits per heavy atom. The second-order valence-electron chi connectivity index (χ2n) is 4.66. The van der Waals surface area contributed by atoms with Gasteiger partial charge in [-0.05, 0) is 12.8 Å². The molecule has 1 heterocycles. The van der Waals surface area contributed by atoms with Gasteiger partial charge in [-0.25, -0.2) is 4.68 Å². The molecule has 0 aliphatic rings. The van der Waals surface area contributed by atoms with Gasteiger partial charge in [-0.3, -0.25) is 4.79 Å². The highest BCUT2D eigenvalue weighted by Crippen LogP contribution is 2.21. The van der Waals surface area contributed by atoms with Crippen molar-refractivity contribution in [1.29, 1.82) is 0 Å². The van der Waals surface area contributed by atoms with E-state index in [0.29, 0.717) is 18.2 Å². The number of hydrogen-bond acceptors (Lipinski definition) is 3. The minimum absolute atomic E-state index is 0.189. The molecular formula is C14H22ClN3O. The molecular weight excluding hydrogens is 262 g/mol. The zero-order valence-corrected chi connectivity index (χ0v) is 12.6. The second kappa shape index (κ2) is 7.34. The van der Waals surface area contributed by atoms with Crippen LogP contribution in [0.4, 0.5) is 5.69 Å². The molecule has 5 heteroatoms. The monoisotopic (exact) mass is 283 g/mol. The van der Waals surface area contributed by atoms with E-state index in [-0.39, 0.29) is 16.6 Å². The second-order valence-corrected chi connectivity index (χ2v) is 5.04. The van der Waals surface area contributed by atoms with Crippen molar-refractivity contribution in [2.75, 3.05) is 5.32 Å². The molecule has 0 aliphatic carbocycles. The Morgan fingerprint density at radius 1 is 1.53 bits per heavy atom. The van der Waals surface area contributed by atoms with Crippen LogP contribution in [0.3, 0.4) is 0 Å². The van der Waals surface area contributed by atoms with Gasteiger partial charge >= 0.3 is 0 Å². The van der Waals surface area contributed by atoms with Crippen LogP contribution in [0.2, 0.25) is 5.02 Å². The van der Waals surface area contributed by atoms with E-state index in [9.17, 15) is 4.79 Å². The van der Waals surface area contributed by atoms with Crippen LogP contribution >= 0.6 is 11.6 Å². The molecule has 1 unspecified atom stereocenters. The number of nitrogens with one attached hydrogen (secondary N) is 1. The van der Waals surface area contributed by atoms with Crippen molar-refractivity contribution in [1.82, 2.24) is 9.78 Å². The van der Waals surface area contributed by atoms with Crippen LogP contribution in [0, 0.1) is 5.92 Å². The van der Waals surface area contributed by atoms with Gasteiger partial charge < -0.3 is 5.32 Å². The number of hydrogen-bond donors (Lipinski definition) is 1. The van der Waals surface area contributed by atoms with Crippen LogP contribution < -0.4 is 10.9 Å². The highest BCUT2D eigenvalue weighted by molar-refractivity contribution is 6.32. The number of halogens is 1. The van der Waals surface area contributed by atoms with Crippen LogP contribution in [0.5, 0.6) is 0 Å². The van der Waals surface area contributed by atoms with Crippen molar-refractivity contribution >= 4 is 17.3 Å². The lowest BCUT2D eigenvalue weighted by molar-refractivity contribution is 0.437. The van der Waals surface area contributed by atoms with Gasteiger partial charge in [0.15, 0.2) is 0 Å².